The summed E-state index contributed by atoms with van der Waals surface area (Å²) in [4.78, 5) is 21.5. The minimum absolute atomic E-state index is 0.245. The lowest BCUT2D eigenvalue weighted by Gasteiger charge is -2.33. The Kier molecular flexibility index (Phi) is 3.42. The van der Waals surface area contributed by atoms with Crippen LogP contribution >= 0.6 is 0 Å². The lowest BCUT2D eigenvalue weighted by molar-refractivity contribution is -0.140. The Morgan fingerprint density at radius 3 is 2.90 bits per heavy atom. The van der Waals surface area contributed by atoms with Gasteiger partial charge in [-0.05, 0) is 42.7 Å². The van der Waals surface area contributed by atoms with E-state index in [0.717, 1.165) is 44.1 Å². The van der Waals surface area contributed by atoms with Gasteiger partial charge in [-0.25, -0.2) is 0 Å². The van der Waals surface area contributed by atoms with Crippen LogP contribution in [0.3, 0.4) is 0 Å². The van der Waals surface area contributed by atoms with Crippen LogP contribution in [-0.4, -0.2) is 46.9 Å². The standard InChI is InChI=1S/C17H23N3O/c21-17-16-12-19(9-13-3-4-13)11-15(16)5-7-20(17)10-14-2-1-6-18-8-14/h1-2,6,8,13,15-16H,3-5,7,9-12H2. The van der Waals surface area contributed by atoms with Crippen molar-refractivity contribution in [2.75, 3.05) is 26.2 Å². The van der Waals surface area contributed by atoms with Gasteiger partial charge in [0.15, 0.2) is 0 Å². The quantitative estimate of drug-likeness (QED) is 0.846. The van der Waals surface area contributed by atoms with E-state index >= 15 is 0 Å². The summed E-state index contributed by atoms with van der Waals surface area (Å²) < 4.78 is 0. The molecule has 1 aromatic heterocycles. The van der Waals surface area contributed by atoms with E-state index < -0.39 is 0 Å². The van der Waals surface area contributed by atoms with Crippen molar-refractivity contribution in [3.63, 3.8) is 0 Å². The SMILES string of the molecule is O=C1C2CN(CC3CC3)CC2CCN1Cc1cccnc1. The first kappa shape index (κ1) is 13.3. The Bertz CT molecular complexity index is 514. The Morgan fingerprint density at radius 1 is 1.24 bits per heavy atom. The van der Waals surface area contributed by atoms with Crippen LogP contribution in [0.2, 0.25) is 0 Å². The molecule has 0 radical (unpaired) electrons. The topological polar surface area (TPSA) is 36.4 Å². The molecular weight excluding hydrogens is 262 g/mol. The number of rotatable bonds is 4. The minimum atomic E-state index is 0.245. The molecule has 0 bridgehead atoms. The second kappa shape index (κ2) is 5.41. The third-order valence-electron chi connectivity index (χ3n) is 5.22. The van der Waals surface area contributed by atoms with Crippen LogP contribution in [0.25, 0.3) is 0 Å². The van der Waals surface area contributed by atoms with Gasteiger partial charge in [0.25, 0.3) is 0 Å². The lowest BCUT2D eigenvalue weighted by Crippen LogP contribution is -2.44. The normalized spacial score (nSPS) is 29.7. The Morgan fingerprint density at radius 2 is 2.14 bits per heavy atom. The number of nitrogens with zero attached hydrogens (tertiary/aromatic N) is 3. The molecule has 3 fully saturated rings. The molecule has 4 rings (SSSR count). The number of fused-ring (bicyclic) bond motifs is 1. The van der Waals surface area contributed by atoms with Crippen molar-refractivity contribution in [1.82, 2.24) is 14.8 Å². The monoisotopic (exact) mass is 285 g/mol. The van der Waals surface area contributed by atoms with E-state index in [9.17, 15) is 4.79 Å². The van der Waals surface area contributed by atoms with Gasteiger partial charge in [-0.1, -0.05) is 6.07 Å². The molecule has 4 nitrogen and oxygen atoms in total. The van der Waals surface area contributed by atoms with Crippen molar-refractivity contribution in [3.05, 3.63) is 30.1 Å². The Balaban J connectivity index is 1.40. The summed E-state index contributed by atoms with van der Waals surface area (Å²) >= 11 is 0. The number of carbonyl (C=O) groups is 1. The summed E-state index contributed by atoms with van der Waals surface area (Å²) in [5.74, 6) is 2.13. The van der Waals surface area contributed by atoms with Gasteiger partial charge in [0.1, 0.15) is 0 Å². The second-order valence-electron chi connectivity index (χ2n) is 6.94. The second-order valence-corrected chi connectivity index (χ2v) is 6.94. The highest BCUT2D eigenvalue weighted by Crippen LogP contribution is 2.36. The van der Waals surface area contributed by atoms with Crippen molar-refractivity contribution >= 4 is 5.91 Å². The van der Waals surface area contributed by atoms with Gasteiger partial charge in [0.05, 0.1) is 5.92 Å². The molecule has 1 aromatic rings. The van der Waals surface area contributed by atoms with Gasteiger partial charge in [0.2, 0.25) is 5.91 Å². The number of pyridine rings is 1. The van der Waals surface area contributed by atoms with E-state index in [1.165, 1.54) is 19.4 Å². The molecule has 3 aliphatic rings. The zero-order chi connectivity index (χ0) is 14.2. The number of aromatic nitrogens is 1. The zero-order valence-corrected chi connectivity index (χ0v) is 12.4. The van der Waals surface area contributed by atoms with Crippen molar-refractivity contribution in [2.45, 2.75) is 25.8 Å². The Hall–Kier alpha value is -1.42. The van der Waals surface area contributed by atoms with E-state index in [4.69, 9.17) is 0 Å². The summed E-state index contributed by atoms with van der Waals surface area (Å²) in [6, 6.07) is 4.00. The average molecular weight is 285 g/mol. The number of carbonyl (C=O) groups excluding carboxylic acids is 1. The third kappa shape index (κ3) is 2.82. The van der Waals surface area contributed by atoms with E-state index in [-0.39, 0.29) is 5.92 Å². The maximum absolute atomic E-state index is 12.7. The maximum atomic E-state index is 12.7. The summed E-state index contributed by atoms with van der Waals surface area (Å²) in [6.45, 7) is 4.99. The predicted molar refractivity (Wildman–Crippen MR) is 80.4 cm³/mol. The maximum Gasteiger partial charge on any atom is 0.227 e. The van der Waals surface area contributed by atoms with E-state index in [0.29, 0.717) is 11.8 Å². The molecule has 1 aliphatic carbocycles. The fraction of sp³-hybridized carbons (Fsp3) is 0.647. The summed E-state index contributed by atoms with van der Waals surface area (Å²) in [5.41, 5.74) is 1.14. The van der Waals surface area contributed by atoms with E-state index in [2.05, 4.69) is 16.0 Å². The summed E-state index contributed by atoms with van der Waals surface area (Å²) in [7, 11) is 0. The van der Waals surface area contributed by atoms with Crippen LogP contribution in [0.15, 0.2) is 24.5 Å². The molecule has 0 aromatic carbocycles. The van der Waals surface area contributed by atoms with Gasteiger partial charge in [-0.2, -0.15) is 0 Å². The molecule has 4 heteroatoms. The highest BCUT2D eigenvalue weighted by molar-refractivity contribution is 5.80. The predicted octanol–water partition coefficient (Wildman–Crippen LogP) is 1.77. The molecule has 0 N–H and O–H groups in total. The zero-order valence-electron chi connectivity index (χ0n) is 12.4. The molecule has 0 spiro atoms. The number of hydrogen-bond donors (Lipinski definition) is 0. The fourth-order valence-electron chi connectivity index (χ4n) is 3.88. The molecule has 1 amide bonds. The smallest absolute Gasteiger partial charge is 0.227 e. The van der Waals surface area contributed by atoms with Gasteiger partial charge in [-0.3, -0.25) is 9.78 Å². The van der Waals surface area contributed by atoms with Gasteiger partial charge in [0, 0.05) is 45.1 Å². The van der Waals surface area contributed by atoms with E-state index in [1.807, 2.05) is 17.2 Å². The van der Waals surface area contributed by atoms with Crippen LogP contribution in [-0.2, 0) is 11.3 Å². The van der Waals surface area contributed by atoms with Crippen molar-refractivity contribution in [2.24, 2.45) is 17.8 Å². The van der Waals surface area contributed by atoms with Crippen LogP contribution < -0.4 is 0 Å². The fourth-order valence-corrected chi connectivity index (χ4v) is 3.88. The van der Waals surface area contributed by atoms with Gasteiger partial charge >= 0.3 is 0 Å². The van der Waals surface area contributed by atoms with E-state index in [1.54, 1.807) is 6.20 Å². The number of piperidine rings is 1. The first-order chi connectivity index (χ1) is 10.3. The number of hydrogen-bond acceptors (Lipinski definition) is 3. The molecule has 2 unspecified atom stereocenters. The molecular formula is C17H23N3O. The molecule has 21 heavy (non-hydrogen) atoms. The first-order valence-corrected chi connectivity index (χ1v) is 8.19. The third-order valence-corrected chi connectivity index (χ3v) is 5.22. The summed E-state index contributed by atoms with van der Waals surface area (Å²) in [6.07, 6.45) is 7.61. The highest BCUT2D eigenvalue weighted by atomic mass is 16.2. The van der Waals surface area contributed by atoms with Crippen molar-refractivity contribution in [1.29, 1.82) is 0 Å². The van der Waals surface area contributed by atoms with Crippen LogP contribution in [0.5, 0.6) is 0 Å². The van der Waals surface area contributed by atoms with Crippen LogP contribution in [0.4, 0.5) is 0 Å². The van der Waals surface area contributed by atoms with Crippen LogP contribution in [0.1, 0.15) is 24.8 Å². The number of likely N-dealkylation sites (tertiary alicyclic amines) is 2. The molecule has 112 valence electrons. The average Bonchev–Trinajstić information content (AvgIpc) is 3.21. The molecule has 2 atom stereocenters. The number of amides is 1. The van der Waals surface area contributed by atoms with Crippen molar-refractivity contribution in [3.8, 4) is 0 Å². The largest absolute Gasteiger partial charge is 0.338 e. The highest BCUT2D eigenvalue weighted by Gasteiger charge is 2.43. The lowest BCUT2D eigenvalue weighted by atomic mass is 9.88. The summed E-state index contributed by atoms with van der Waals surface area (Å²) in [5, 5.41) is 0. The molecule has 2 saturated heterocycles. The molecule has 3 heterocycles. The first-order valence-electron chi connectivity index (χ1n) is 8.19. The van der Waals surface area contributed by atoms with Gasteiger partial charge in [-0.15, -0.1) is 0 Å². The minimum Gasteiger partial charge on any atom is -0.338 e. The molecule has 2 aliphatic heterocycles. The van der Waals surface area contributed by atoms with Gasteiger partial charge < -0.3 is 9.80 Å². The van der Waals surface area contributed by atoms with Crippen LogP contribution in [0, 0.1) is 17.8 Å². The van der Waals surface area contributed by atoms with Crippen molar-refractivity contribution < 1.29 is 4.79 Å². The molecule has 1 saturated carbocycles. The Labute approximate surface area is 126 Å².